The van der Waals surface area contributed by atoms with Crippen LogP contribution in [-0.4, -0.2) is 13.1 Å². The Morgan fingerprint density at radius 3 is 2.67 bits per heavy atom. The van der Waals surface area contributed by atoms with Gasteiger partial charge in [0.05, 0.1) is 5.56 Å². The number of rotatable bonds is 0. The van der Waals surface area contributed by atoms with Crippen LogP contribution < -0.4 is 5.32 Å². The summed E-state index contributed by atoms with van der Waals surface area (Å²) in [7, 11) is 0. The van der Waals surface area contributed by atoms with Crippen LogP contribution in [0.15, 0.2) is 22.6 Å². The number of alkyl halides is 3. The lowest BCUT2D eigenvalue weighted by Crippen LogP contribution is -2.16. The van der Waals surface area contributed by atoms with Gasteiger partial charge in [0.15, 0.2) is 0 Å². The van der Waals surface area contributed by atoms with E-state index in [9.17, 15) is 13.2 Å². The molecule has 0 fully saturated rings. The molecule has 0 atom stereocenters. The molecule has 0 spiro atoms. The van der Waals surface area contributed by atoms with Crippen molar-refractivity contribution in [2.45, 2.75) is 19.0 Å². The molecule has 1 aliphatic heterocycles. The van der Waals surface area contributed by atoms with Crippen LogP contribution in [0.1, 0.15) is 16.9 Å². The highest BCUT2D eigenvalue weighted by molar-refractivity contribution is 5.83. The van der Waals surface area contributed by atoms with Gasteiger partial charge in [-0.15, -0.1) is 0 Å². The maximum atomic E-state index is 12.6. The molecule has 0 unspecified atom stereocenters. The Bertz CT molecular complexity index is 586. The fourth-order valence-electron chi connectivity index (χ4n) is 2.39. The lowest BCUT2D eigenvalue weighted by molar-refractivity contribution is -0.137. The third kappa shape index (κ3) is 1.88. The van der Waals surface area contributed by atoms with Crippen molar-refractivity contribution in [3.05, 3.63) is 35.1 Å². The van der Waals surface area contributed by atoms with E-state index >= 15 is 0 Å². The molecule has 5 heteroatoms. The molecular weight excluding hydrogens is 243 g/mol. The minimum absolute atomic E-state index is 0.344. The summed E-state index contributed by atoms with van der Waals surface area (Å²) in [4.78, 5) is 0. The summed E-state index contributed by atoms with van der Waals surface area (Å²) >= 11 is 0. The molecule has 0 saturated heterocycles. The highest BCUT2D eigenvalue weighted by atomic mass is 19.4. The average Bonchev–Trinajstić information content (AvgIpc) is 2.50. The first-order valence-electron chi connectivity index (χ1n) is 5.88. The Hall–Kier alpha value is -1.49. The van der Waals surface area contributed by atoms with Crippen LogP contribution >= 0.6 is 0 Å². The number of furan rings is 1. The van der Waals surface area contributed by atoms with Gasteiger partial charge in [-0.05, 0) is 25.1 Å². The van der Waals surface area contributed by atoms with Crippen LogP contribution in [0.4, 0.5) is 13.2 Å². The van der Waals surface area contributed by atoms with Gasteiger partial charge in [0, 0.05) is 23.9 Å². The zero-order valence-corrected chi connectivity index (χ0v) is 9.60. The van der Waals surface area contributed by atoms with Gasteiger partial charge in [0.25, 0.3) is 0 Å². The summed E-state index contributed by atoms with van der Waals surface area (Å²) in [5.74, 6) is 0.814. The Morgan fingerprint density at radius 1 is 1.11 bits per heavy atom. The Kier molecular flexibility index (Phi) is 2.59. The lowest BCUT2D eigenvalue weighted by Gasteiger charge is -2.05. The highest BCUT2D eigenvalue weighted by Gasteiger charge is 2.31. The topological polar surface area (TPSA) is 25.2 Å². The molecule has 2 aromatic rings. The SMILES string of the molecule is FC(F)(F)c1ccc2c3c(oc2c1)CCNCC3. The second kappa shape index (κ2) is 4.02. The Labute approximate surface area is 102 Å². The lowest BCUT2D eigenvalue weighted by atomic mass is 10.1. The van der Waals surface area contributed by atoms with Gasteiger partial charge in [-0.1, -0.05) is 6.07 Å². The maximum absolute atomic E-state index is 12.6. The molecular formula is C13H12F3NO. The third-order valence-electron chi connectivity index (χ3n) is 3.28. The molecule has 1 aliphatic rings. The number of hydrogen-bond donors (Lipinski definition) is 1. The average molecular weight is 255 g/mol. The van der Waals surface area contributed by atoms with E-state index in [1.165, 1.54) is 6.07 Å². The van der Waals surface area contributed by atoms with Crippen molar-refractivity contribution < 1.29 is 17.6 Å². The minimum atomic E-state index is -4.32. The monoisotopic (exact) mass is 255 g/mol. The summed E-state index contributed by atoms with van der Waals surface area (Å²) in [5, 5.41) is 4.05. The predicted octanol–water partition coefficient (Wildman–Crippen LogP) is 3.14. The van der Waals surface area contributed by atoms with Crippen molar-refractivity contribution in [3.63, 3.8) is 0 Å². The van der Waals surface area contributed by atoms with Gasteiger partial charge in [0.2, 0.25) is 0 Å². The van der Waals surface area contributed by atoms with Crippen LogP contribution in [0, 0.1) is 0 Å². The molecule has 0 amide bonds. The molecule has 0 radical (unpaired) electrons. The fraction of sp³-hybridized carbons (Fsp3) is 0.385. The number of benzene rings is 1. The van der Waals surface area contributed by atoms with Crippen molar-refractivity contribution >= 4 is 11.0 Å². The number of nitrogens with one attached hydrogen (secondary N) is 1. The van der Waals surface area contributed by atoms with E-state index in [0.29, 0.717) is 5.58 Å². The van der Waals surface area contributed by atoms with Gasteiger partial charge >= 0.3 is 6.18 Å². The van der Waals surface area contributed by atoms with Crippen molar-refractivity contribution in [2.24, 2.45) is 0 Å². The van der Waals surface area contributed by atoms with Crippen molar-refractivity contribution in [3.8, 4) is 0 Å². The zero-order chi connectivity index (χ0) is 12.8. The Balaban J connectivity index is 2.14. The van der Waals surface area contributed by atoms with E-state index < -0.39 is 11.7 Å². The molecule has 96 valence electrons. The standard InChI is InChI=1S/C13H12F3NO/c14-13(15,16)8-1-2-9-10-3-5-17-6-4-11(10)18-12(9)7-8/h1-2,7,17H,3-6H2. The van der Waals surface area contributed by atoms with Crippen LogP contribution in [0.5, 0.6) is 0 Å². The number of halogens is 3. The summed E-state index contributed by atoms with van der Waals surface area (Å²) < 4.78 is 43.4. The smallest absolute Gasteiger partial charge is 0.416 e. The minimum Gasteiger partial charge on any atom is -0.461 e. The summed E-state index contributed by atoms with van der Waals surface area (Å²) in [6.07, 6.45) is -2.79. The number of fused-ring (bicyclic) bond motifs is 3. The van der Waals surface area contributed by atoms with E-state index in [2.05, 4.69) is 5.32 Å². The molecule has 2 heterocycles. The first-order valence-corrected chi connectivity index (χ1v) is 5.88. The molecule has 3 rings (SSSR count). The van der Waals surface area contributed by atoms with Crippen LogP contribution in [-0.2, 0) is 19.0 Å². The van der Waals surface area contributed by atoms with E-state index in [1.807, 2.05) is 0 Å². The molecule has 1 aromatic carbocycles. The molecule has 0 aliphatic carbocycles. The largest absolute Gasteiger partial charge is 0.461 e. The quantitative estimate of drug-likeness (QED) is 0.782. The summed E-state index contributed by atoms with van der Waals surface area (Å²) in [6, 6.07) is 3.74. The first-order chi connectivity index (χ1) is 8.55. The van der Waals surface area contributed by atoms with Gasteiger partial charge in [-0.25, -0.2) is 0 Å². The van der Waals surface area contributed by atoms with E-state index in [4.69, 9.17) is 4.42 Å². The molecule has 1 aromatic heterocycles. The van der Waals surface area contributed by atoms with Crippen LogP contribution in [0.25, 0.3) is 11.0 Å². The van der Waals surface area contributed by atoms with Crippen molar-refractivity contribution in [2.75, 3.05) is 13.1 Å². The summed E-state index contributed by atoms with van der Waals surface area (Å²) in [5.41, 5.74) is 0.734. The molecule has 1 N–H and O–H groups in total. The third-order valence-corrected chi connectivity index (χ3v) is 3.28. The number of hydrogen-bond acceptors (Lipinski definition) is 2. The molecule has 18 heavy (non-hydrogen) atoms. The van der Waals surface area contributed by atoms with Crippen molar-refractivity contribution in [1.82, 2.24) is 5.32 Å². The van der Waals surface area contributed by atoms with E-state index in [0.717, 1.165) is 54.8 Å². The normalized spacial score (nSPS) is 16.6. The van der Waals surface area contributed by atoms with Gasteiger partial charge in [-0.3, -0.25) is 0 Å². The Morgan fingerprint density at radius 2 is 1.89 bits per heavy atom. The second-order valence-electron chi connectivity index (χ2n) is 4.46. The first kappa shape index (κ1) is 11.6. The molecule has 0 saturated carbocycles. The van der Waals surface area contributed by atoms with Gasteiger partial charge < -0.3 is 9.73 Å². The van der Waals surface area contributed by atoms with Gasteiger partial charge in [0.1, 0.15) is 11.3 Å². The predicted molar refractivity (Wildman–Crippen MR) is 61.5 cm³/mol. The van der Waals surface area contributed by atoms with E-state index in [-0.39, 0.29) is 0 Å². The van der Waals surface area contributed by atoms with Crippen LogP contribution in [0.2, 0.25) is 0 Å². The fourth-order valence-corrected chi connectivity index (χ4v) is 2.39. The van der Waals surface area contributed by atoms with Crippen molar-refractivity contribution in [1.29, 1.82) is 0 Å². The zero-order valence-electron chi connectivity index (χ0n) is 9.60. The van der Waals surface area contributed by atoms with E-state index in [1.54, 1.807) is 0 Å². The summed E-state index contributed by atoms with van der Waals surface area (Å²) in [6.45, 7) is 1.64. The molecule has 2 nitrogen and oxygen atoms in total. The van der Waals surface area contributed by atoms with Gasteiger partial charge in [-0.2, -0.15) is 13.2 Å². The second-order valence-corrected chi connectivity index (χ2v) is 4.46. The molecule has 0 bridgehead atoms. The maximum Gasteiger partial charge on any atom is 0.416 e. The van der Waals surface area contributed by atoms with Crippen LogP contribution in [0.3, 0.4) is 0 Å². The highest BCUT2D eigenvalue weighted by Crippen LogP contribution is 2.34.